The number of hydrogen-bond donors (Lipinski definition) is 4. The summed E-state index contributed by atoms with van der Waals surface area (Å²) >= 11 is -1.39. The minimum absolute atomic E-state index is 0.0187. The van der Waals surface area contributed by atoms with Crippen LogP contribution in [-0.4, -0.2) is 53.2 Å². The van der Waals surface area contributed by atoms with Crippen LogP contribution >= 0.6 is 0 Å². The van der Waals surface area contributed by atoms with Gasteiger partial charge in [0.1, 0.15) is 23.3 Å². The highest BCUT2D eigenvalue weighted by atomic mass is 32.2. The largest absolute Gasteiger partial charge is 0.593 e. The van der Waals surface area contributed by atoms with Crippen LogP contribution in [0.4, 0.5) is 20.2 Å². The number of anilines is 2. The molecule has 1 heterocycles. The minimum Gasteiger partial charge on any atom is -0.593 e. The molecule has 1 atom stereocenters. The van der Waals surface area contributed by atoms with Gasteiger partial charge in [0.05, 0.1) is 22.7 Å². The zero-order valence-electron chi connectivity index (χ0n) is 23.7. The van der Waals surface area contributed by atoms with E-state index >= 15 is 4.39 Å². The Labute approximate surface area is 250 Å². The molecule has 1 aliphatic heterocycles. The van der Waals surface area contributed by atoms with E-state index in [0.717, 1.165) is 24.4 Å². The van der Waals surface area contributed by atoms with Gasteiger partial charge in [-0.2, -0.15) is 0 Å². The molecule has 0 saturated heterocycles. The molecule has 2 aromatic rings. The Morgan fingerprint density at radius 1 is 1.16 bits per heavy atom. The lowest BCUT2D eigenvalue weighted by atomic mass is 10.1. The highest BCUT2D eigenvalue weighted by molar-refractivity contribution is 7.88. The molecule has 0 saturated carbocycles. The number of benzene rings is 2. The normalized spacial score (nSPS) is 14.6. The summed E-state index contributed by atoms with van der Waals surface area (Å²) in [5, 5.41) is 12.7. The number of ether oxygens (including phenoxy) is 1. The summed E-state index contributed by atoms with van der Waals surface area (Å²) in [5.74, 6) is -3.46. The molecule has 1 aliphatic rings. The number of rotatable bonds is 12. The predicted octanol–water partition coefficient (Wildman–Crippen LogP) is 3.44. The number of hydrogen-bond acceptors (Lipinski definition) is 9. The van der Waals surface area contributed by atoms with Crippen molar-refractivity contribution in [3.05, 3.63) is 101 Å². The van der Waals surface area contributed by atoms with Crippen LogP contribution < -0.4 is 25.0 Å². The molecule has 0 aliphatic carbocycles. The Morgan fingerprint density at radius 2 is 1.86 bits per heavy atom. The van der Waals surface area contributed by atoms with E-state index in [4.69, 9.17) is 10.1 Å². The van der Waals surface area contributed by atoms with Gasteiger partial charge in [-0.25, -0.2) is 18.4 Å². The lowest BCUT2D eigenvalue weighted by Gasteiger charge is -2.23. The van der Waals surface area contributed by atoms with E-state index in [1.54, 1.807) is 11.9 Å². The van der Waals surface area contributed by atoms with Crippen LogP contribution in [0.5, 0.6) is 5.75 Å². The third-order valence-corrected chi connectivity index (χ3v) is 6.43. The van der Waals surface area contributed by atoms with Crippen molar-refractivity contribution in [3.8, 4) is 5.75 Å². The van der Waals surface area contributed by atoms with Gasteiger partial charge in [-0.1, -0.05) is 0 Å². The van der Waals surface area contributed by atoms with Crippen LogP contribution in [0.1, 0.15) is 13.8 Å². The van der Waals surface area contributed by atoms with Crippen LogP contribution in [0.25, 0.3) is 0 Å². The zero-order chi connectivity index (χ0) is 31.7. The first kappa shape index (κ1) is 32.6. The Hall–Kier alpha value is -4.95. The van der Waals surface area contributed by atoms with Crippen molar-refractivity contribution in [2.75, 3.05) is 23.5 Å². The fourth-order valence-electron chi connectivity index (χ4n) is 3.51. The average molecular weight is 613 g/mol. The van der Waals surface area contributed by atoms with Crippen LogP contribution in [0.15, 0.2) is 89.7 Å². The molecule has 1 unspecified atom stereocenters. The number of allylic oxidation sites excluding steroid dienone is 2. The maximum atomic E-state index is 15.1. The molecule has 0 bridgehead atoms. The average Bonchev–Trinajstić information content (AvgIpc) is 2.95. The highest BCUT2D eigenvalue weighted by Gasteiger charge is 2.27. The van der Waals surface area contributed by atoms with Crippen molar-refractivity contribution < 1.29 is 32.5 Å². The SMILES string of the molecule is CC(C)N(C)/C=C(/C(=O)Nc1ccc(OC2=CC(N[S+](C)[O-])=CN/C2=C\C=N)c(F)c1)C(=O)N(C=O)c1ccc(F)cc1. The van der Waals surface area contributed by atoms with Crippen molar-refractivity contribution in [3.63, 3.8) is 0 Å². The number of halogens is 2. The Morgan fingerprint density at radius 3 is 2.44 bits per heavy atom. The van der Waals surface area contributed by atoms with Gasteiger partial charge in [-0.15, -0.1) is 0 Å². The fourth-order valence-corrected chi connectivity index (χ4v) is 3.96. The van der Waals surface area contributed by atoms with E-state index in [2.05, 4.69) is 15.4 Å². The summed E-state index contributed by atoms with van der Waals surface area (Å²) in [6, 6.07) is 8.01. The number of imide groups is 1. The van der Waals surface area contributed by atoms with Crippen molar-refractivity contribution in [2.24, 2.45) is 0 Å². The molecule has 3 amide bonds. The molecule has 226 valence electrons. The molecular weight excluding hydrogens is 582 g/mol. The Kier molecular flexibility index (Phi) is 11.2. The predicted molar refractivity (Wildman–Crippen MR) is 160 cm³/mol. The van der Waals surface area contributed by atoms with E-state index < -0.39 is 40.4 Å². The van der Waals surface area contributed by atoms with Crippen molar-refractivity contribution in [2.45, 2.75) is 19.9 Å². The van der Waals surface area contributed by atoms with Crippen LogP contribution in [-0.2, 0) is 25.7 Å². The number of nitrogens with one attached hydrogen (secondary N) is 4. The lowest BCUT2D eigenvalue weighted by molar-refractivity contribution is -0.121. The van der Waals surface area contributed by atoms with E-state index in [9.17, 15) is 23.3 Å². The van der Waals surface area contributed by atoms with Crippen LogP contribution in [0.2, 0.25) is 0 Å². The first-order chi connectivity index (χ1) is 20.4. The molecule has 3 rings (SSSR count). The second-order valence-corrected chi connectivity index (χ2v) is 10.4. The summed E-state index contributed by atoms with van der Waals surface area (Å²) in [5.41, 5.74) is 0.314. The quantitative estimate of drug-likeness (QED) is 0.0711. The third kappa shape index (κ3) is 8.77. The lowest BCUT2D eigenvalue weighted by Crippen LogP contribution is -2.36. The zero-order valence-corrected chi connectivity index (χ0v) is 24.5. The van der Waals surface area contributed by atoms with Gasteiger partial charge in [0.2, 0.25) is 6.41 Å². The summed E-state index contributed by atoms with van der Waals surface area (Å²) in [6.07, 6.45) is 8.26. The number of carbonyl (C=O) groups excluding carboxylic acids is 3. The van der Waals surface area contributed by atoms with Gasteiger partial charge in [0.25, 0.3) is 11.8 Å². The second-order valence-electron chi connectivity index (χ2n) is 9.32. The van der Waals surface area contributed by atoms with Gasteiger partial charge in [0, 0.05) is 49.5 Å². The first-order valence-electron chi connectivity index (χ1n) is 12.7. The minimum atomic E-state index is -1.39. The summed E-state index contributed by atoms with van der Waals surface area (Å²) < 4.78 is 48.5. The number of carbonyl (C=O) groups is 3. The standard InChI is InChI=1S/C29H30F2N6O5S/c1-18(2)36(3)16-23(29(40)37(17-38)22-8-5-19(30)6-9-22)28(39)34-20-7-10-26(24(31)13-20)42-27-14-21(35-43(4)41)15-33-25(27)11-12-32/h5-18,32-33,35H,1-4H3,(H,34,39)/b23-16-,25-11-,32-12?. The van der Waals surface area contributed by atoms with E-state index in [0.29, 0.717) is 16.3 Å². The fraction of sp³-hybridized carbons (Fsp3) is 0.172. The Balaban J connectivity index is 1.87. The third-order valence-electron chi connectivity index (χ3n) is 5.91. The molecule has 11 nitrogen and oxygen atoms in total. The van der Waals surface area contributed by atoms with E-state index in [1.165, 1.54) is 55.1 Å². The molecule has 2 aromatic carbocycles. The maximum Gasteiger partial charge on any atom is 0.271 e. The topological polar surface area (TPSA) is 150 Å². The summed E-state index contributed by atoms with van der Waals surface area (Å²) in [6.45, 7) is 3.64. The summed E-state index contributed by atoms with van der Waals surface area (Å²) in [4.78, 5) is 40.7. The van der Waals surface area contributed by atoms with Crippen LogP contribution in [0, 0.1) is 17.0 Å². The molecule has 0 aromatic heterocycles. The second kappa shape index (κ2) is 14.8. The number of nitrogens with zero attached hydrogens (tertiary/aromatic N) is 2. The maximum absolute atomic E-state index is 15.1. The molecule has 0 fully saturated rings. The number of amides is 3. The highest BCUT2D eigenvalue weighted by Crippen LogP contribution is 2.27. The molecule has 0 radical (unpaired) electrons. The van der Waals surface area contributed by atoms with Crippen molar-refractivity contribution in [1.82, 2.24) is 14.9 Å². The first-order valence-corrected chi connectivity index (χ1v) is 14.3. The smallest absolute Gasteiger partial charge is 0.271 e. The number of dihydropyridines is 1. The molecular formula is C29H30F2N6O5S. The van der Waals surface area contributed by atoms with E-state index in [-0.39, 0.29) is 35.3 Å². The van der Waals surface area contributed by atoms with Crippen molar-refractivity contribution >= 4 is 47.2 Å². The summed E-state index contributed by atoms with van der Waals surface area (Å²) in [7, 11) is 1.63. The van der Waals surface area contributed by atoms with Gasteiger partial charge in [-0.3, -0.25) is 14.4 Å². The van der Waals surface area contributed by atoms with Gasteiger partial charge in [-0.05, 0) is 56.3 Å². The molecule has 4 N–H and O–H groups in total. The monoisotopic (exact) mass is 612 g/mol. The molecule has 14 heteroatoms. The van der Waals surface area contributed by atoms with Crippen LogP contribution in [0.3, 0.4) is 0 Å². The van der Waals surface area contributed by atoms with Gasteiger partial charge >= 0.3 is 0 Å². The Bertz CT molecular complexity index is 1510. The van der Waals surface area contributed by atoms with Crippen molar-refractivity contribution in [1.29, 1.82) is 5.41 Å². The molecule has 0 spiro atoms. The molecule has 43 heavy (non-hydrogen) atoms. The van der Waals surface area contributed by atoms with E-state index in [1.807, 2.05) is 13.8 Å². The van der Waals surface area contributed by atoms with Gasteiger partial charge in [0.15, 0.2) is 17.3 Å². The van der Waals surface area contributed by atoms with Gasteiger partial charge < -0.3 is 30.2 Å².